The molecule has 0 radical (unpaired) electrons. The Bertz CT molecular complexity index is 319. The molecule has 0 atom stereocenters. The zero-order valence-corrected chi connectivity index (χ0v) is 8.52. The Hall–Kier alpha value is -1.72. The number of nitrogens with one attached hydrogen (secondary N) is 4. The predicted molar refractivity (Wildman–Crippen MR) is 53.9 cm³/mol. The first-order chi connectivity index (χ1) is 7.01. The largest absolute Gasteiger partial charge is 0.318 e. The summed E-state index contributed by atoms with van der Waals surface area (Å²) in [6, 6.07) is -0.567. The summed E-state index contributed by atoms with van der Waals surface area (Å²) in [6.07, 6.45) is 3.06. The number of fused-ring (bicyclic) bond motifs is 1. The highest BCUT2D eigenvalue weighted by Crippen LogP contribution is 2.30. The van der Waals surface area contributed by atoms with Gasteiger partial charge in [0.15, 0.2) is 11.3 Å². The minimum atomic E-state index is -0.774. The third kappa shape index (κ3) is 1.25. The van der Waals surface area contributed by atoms with Gasteiger partial charge >= 0.3 is 12.1 Å². The zero-order valence-electron chi connectivity index (χ0n) is 8.52. The molecule has 0 spiro atoms. The Morgan fingerprint density at radius 1 is 1.20 bits per heavy atom. The first-order valence-electron chi connectivity index (χ1n) is 4.83. The number of hydrogen-bond donors (Lipinski definition) is 4. The van der Waals surface area contributed by atoms with Crippen LogP contribution in [0.25, 0.3) is 0 Å². The van der Waals surface area contributed by atoms with E-state index in [1.807, 2.05) is 0 Å². The fourth-order valence-corrected chi connectivity index (χ4v) is 2.12. The fraction of sp³-hybridized carbons (Fsp3) is 0.556. The lowest BCUT2D eigenvalue weighted by molar-refractivity contribution is 0.211. The first kappa shape index (κ1) is 9.82. The number of rotatable bonds is 3. The maximum atomic E-state index is 11.3. The van der Waals surface area contributed by atoms with Crippen molar-refractivity contribution in [2.75, 3.05) is 0 Å². The molecule has 4 amide bonds. The summed E-state index contributed by atoms with van der Waals surface area (Å²) in [6.45, 7) is 5.40. The highest BCUT2D eigenvalue weighted by atomic mass is 16.2. The standard InChI is InChI=1S/C9H14N4O2/c1-3-4-5-9-8(2,10-6(14)12-9)11-7(15)13-9/h3H,1,4-5H2,2H3,(H2,10,12,14)(H2,11,13,15)/t8-,9+. The van der Waals surface area contributed by atoms with Crippen molar-refractivity contribution in [1.82, 2.24) is 21.3 Å². The van der Waals surface area contributed by atoms with E-state index in [1.165, 1.54) is 0 Å². The monoisotopic (exact) mass is 210 g/mol. The van der Waals surface area contributed by atoms with Crippen molar-refractivity contribution in [2.24, 2.45) is 0 Å². The molecule has 2 heterocycles. The average molecular weight is 210 g/mol. The molecule has 6 heteroatoms. The molecule has 6 nitrogen and oxygen atoms in total. The molecule has 0 saturated carbocycles. The van der Waals surface area contributed by atoms with E-state index in [4.69, 9.17) is 0 Å². The van der Waals surface area contributed by atoms with E-state index < -0.39 is 11.3 Å². The molecule has 0 aromatic carbocycles. The normalized spacial score (nSPS) is 37.4. The lowest BCUT2D eigenvalue weighted by atomic mass is 9.93. The highest BCUT2D eigenvalue weighted by Gasteiger charge is 2.61. The van der Waals surface area contributed by atoms with Crippen LogP contribution in [0.15, 0.2) is 12.7 Å². The Labute approximate surface area is 87.5 Å². The van der Waals surface area contributed by atoms with Gasteiger partial charge in [0.05, 0.1) is 0 Å². The Morgan fingerprint density at radius 3 is 2.20 bits per heavy atom. The predicted octanol–water partition coefficient (Wildman–Crippen LogP) is -0.00930. The molecule has 2 aliphatic heterocycles. The van der Waals surface area contributed by atoms with Crippen molar-refractivity contribution >= 4 is 12.1 Å². The molecular formula is C9H14N4O2. The fourth-order valence-electron chi connectivity index (χ4n) is 2.12. The summed E-state index contributed by atoms with van der Waals surface area (Å²) in [7, 11) is 0. The SMILES string of the molecule is C=CCC[C@]12NC(=O)N[C@@]1(C)NC(=O)N2. The van der Waals surface area contributed by atoms with E-state index >= 15 is 0 Å². The molecule has 0 aliphatic carbocycles. The van der Waals surface area contributed by atoms with Crippen LogP contribution in [0.2, 0.25) is 0 Å². The van der Waals surface area contributed by atoms with E-state index in [9.17, 15) is 9.59 Å². The van der Waals surface area contributed by atoms with Crippen LogP contribution < -0.4 is 21.3 Å². The molecule has 82 valence electrons. The van der Waals surface area contributed by atoms with Crippen molar-refractivity contribution in [3.63, 3.8) is 0 Å². The van der Waals surface area contributed by atoms with E-state index in [0.29, 0.717) is 12.8 Å². The third-order valence-electron chi connectivity index (χ3n) is 2.96. The van der Waals surface area contributed by atoms with Crippen molar-refractivity contribution in [2.45, 2.75) is 31.1 Å². The summed E-state index contributed by atoms with van der Waals surface area (Å²) in [4.78, 5) is 22.6. The van der Waals surface area contributed by atoms with Crippen LogP contribution in [0.5, 0.6) is 0 Å². The van der Waals surface area contributed by atoms with Crippen molar-refractivity contribution in [1.29, 1.82) is 0 Å². The lowest BCUT2D eigenvalue weighted by Crippen LogP contribution is -2.63. The molecule has 0 aromatic heterocycles. The quantitative estimate of drug-likeness (QED) is 0.494. The van der Waals surface area contributed by atoms with Gasteiger partial charge in [-0.2, -0.15) is 0 Å². The topological polar surface area (TPSA) is 82.3 Å². The van der Waals surface area contributed by atoms with Crippen molar-refractivity contribution in [3.8, 4) is 0 Å². The van der Waals surface area contributed by atoms with Crippen LogP contribution in [0.3, 0.4) is 0 Å². The van der Waals surface area contributed by atoms with Crippen LogP contribution in [-0.4, -0.2) is 23.4 Å². The summed E-state index contributed by atoms with van der Waals surface area (Å²) in [5, 5.41) is 10.9. The van der Waals surface area contributed by atoms with Gasteiger partial charge in [-0.1, -0.05) is 6.08 Å². The minimum absolute atomic E-state index is 0.283. The number of carbonyl (C=O) groups is 2. The number of allylic oxidation sites excluding steroid dienone is 1. The maximum Gasteiger partial charge on any atom is 0.318 e. The summed E-state index contributed by atoms with van der Waals surface area (Å²) < 4.78 is 0. The second-order valence-corrected chi connectivity index (χ2v) is 4.02. The molecule has 2 saturated heterocycles. The number of carbonyl (C=O) groups excluding carboxylic acids is 2. The number of amides is 4. The zero-order chi connectivity index (χ0) is 11.1. The Kier molecular flexibility index (Phi) is 1.89. The van der Waals surface area contributed by atoms with Gasteiger partial charge in [-0.05, 0) is 19.8 Å². The van der Waals surface area contributed by atoms with Crippen LogP contribution in [0.4, 0.5) is 9.59 Å². The van der Waals surface area contributed by atoms with E-state index in [2.05, 4.69) is 27.8 Å². The van der Waals surface area contributed by atoms with Crippen LogP contribution in [0.1, 0.15) is 19.8 Å². The summed E-state index contributed by atoms with van der Waals surface area (Å²) >= 11 is 0. The molecule has 15 heavy (non-hydrogen) atoms. The van der Waals surface area contributed by atoms with Gasteiger partial charge in [-0.15, -0.1) is 6.58 Å². The van der Waals surface area contributed by atoms with Gasteiger partial charge in [0, 0.05) is 0 Å². The van der Waals surface area contributed by atoms with Crippen molar-refractivity contribution in [3.05, 3.63) is 12.7 Å². The van der Waals surface area contributed by atoms with Gasteiger partial charge in [0.25, 0.3) is 0 Å². The lowest BCUT2D eigenvalue weighted by Gasteiger charge is -2.33. The molecule has 2 fully saturated rings. The molecule has 2 aliphatic rings. The smallest absolute Gasteiger partial charge is 0.312 e. The summed E-state index contributed by atoms with van der Waals surface area (Å²) in [5.41, 5.74) is -1.53. The van der Waals surface area contributed by atoms with Gasteiger partial charge in [0.2, 0.25) is 0 Å². The first-order valence-corrected chi connectivity index (χ1v) is 4.83. The number of urea groups is 2. The molecule has 0 bridgehead atoms. The molecular weight excluding hydrogens is 196 g/mol. The maximum absolute atomic E-state index is 11.3. The minimum Gasteiger partial charge on any atom is -0.312 e. The van der Waals surface area contributed by atoms with Crippen LogP contribution in [-0.2, 0) is 0 Å². The second-order valence-electron chi connectivity index (χ2n) is 4.02. The third-order valence-corrected chi connectivity index (χ3v) is 2.96. The van der Waals surface area contributed by atoms with E-state index in [1.54, 1.807) is 13.0 Å². The molecule has 4 N–H and O–H groups in total. The Balaban J connectivity index is 2.28. The van der Waals surface area contributed by atoms with Crippen molar-refractivity contribution < 1.29 is 9.59 Å². The van der Waals surface area contributed by atoms with Gasteiger partial charge < -0.3 is 21.3 Å². The number of hydrogen-bond acceptors (Lipinski definition) is 2. The van der Waals surface area contributed by atoms with Gasteiger partial charge in [-0.3, -0.25) is 0 Å². The van der Waals surface area contributed by atoms with Crippen LogP contribution in [0, 0.1) is 0 Å². The Morgan fingerprint density at radius 2 is 1.73 bits per heavy atom. The van der Waals surface area contributed by atoms with Gasteiger partial charge in [0.1, 0.15) is 0 Å². The highest BCUT2D eigenvalue weighted by molar-refractivity contribution is 5.87. The van der Waals surface area contributed by atoms with Gasteiger partial charge in [-0.25, -0.2) is 9.59 Å². The van der Waals surface area contributed by atoms with E-state index in [0.717, 1.165) is 0 Å². The second kappa shape index (κ2) is 2.88. The average Bonchev–Trinajstić information content (AvgIpc) is 2.46. The van der Waals surface area contributed by atoms with E-state index in [-0.39, 0.29) is 12.1 Å². The molecule has 0 unspecified atom stereocenters. The van der Waals surface area contributed by atoms with Crippen LogP contribution >= 0.6 is 0 Å². The molecule has 2 rings (SSSR count). The molecule has 0 aromatic rings. The summed E-state index contributed by atoms with van der Waals surface area (Å²) in [5.74, 6) is 0.